The van der Waals surface area contributed by atoms with Crippen molar-refractivity contribution >= 4 is 32.8 Å². The Morgan fingerprint density at radius 3 is 2.41 bits per heavy atom. The van der Waals surface area contributed by atoms with Crippen LogP contribution in [-0.2, 0) is 16.3 Å². The van der Waals surface area contributed by atoms with Gasteiger partial charge in [0.2, 0.25) is 0 Å². The third-order valence-corrected chi connectivity index (χ3v) is 6.03. The molecule has 0 atom stereocenters. The number of anilines is 1. The SMILES string of the molecule is CS(=O)(=O)c1ccc(N(CCc2ccc(Cl)cc2)CC2CC2)c([N+](=O)[O-])c1. The Morgan fingerprint density at radius 2 is 1.85 bits per heavy atom. The number of halogens is 1. The third kappa shape index (κ3) is 5.20. The second-order valence-electron chi connectivity index (χ2n) is 6.95. The molecular formula is C19H21ClN2O4S. The Bertz CT molecular complexity index is 941. The first kappa shape index (κ1) is 19.6. The Labute approximate surface area is 163 Å². The highest BCUT2D eigenvalue weighted by molar-refractivity contribution is 7.90. The summed E-state index contributed by atoms with van der Waals surface area (Å²) < 4.78 is 23.5. The van der Waals surface area contributed by atoms with Crippen molar-refractivity contribution < 1.29 is 13.3 Å². The molecule has 0 spiro atoms. The van der Waals surface area contributed by atoms with E-state index in [1.807, 2.05) is 29.2 Å². The largest absolute Gasteiger partial charge is 0.365 e. The number of nitrogens with zero attached hydrogens (tertiary/aromatic N) is 2. The number of rotatable bonds is 8. The second kappa shape index (κ2) is 7.86. The monoisotopic (exact) mass is 408 g/mol. The van der Waals surface area contributed by atoms with Crippen LogP contribution in [-0.4, -0.2) is 32.7 Å². The van der Waals surface area contributed by atoms with E-state index in [1.165, 1.54) is 6.07 Å². The summed E-state index contributed by atoms with van der Waals surface area (Å²) in [4.78, 5) is 13.0. The number of nitro groups is 1. The lowest BCUT2D eigenvalue weighted by atomic mass is 10.1. The fourth-order valence-corrected chi connectivity index (χ4v) is 3.75. The van der Waals surface area contributed by atoms with Crippen molar-refractivity contribution in [2.24, 2.45) is 5.92 Å². The topological polar surface area (TPSA) is 80.5 Å². The molecule has 1 aliphatic carbocycles. The second-order valence-corrected chi connectivity index (χ2v) is 9.40. The van der Waals surface area contributed by atoms with Gasteiger partial charge in [-0.2, -0.15) is 0 Å². The normalized spacial score (nSPS) is 14.1. The summed E-state index contributed by atoms with van der Waals surface area (Å²) in [6, 6.07) is 11.7. The fourth-order valence-electron chi connectivity index (χ4n) is 2.98. The van der Waals surface area contributed by atoms with E-state index in [-0.39, 0.29) is 10.6 Å². The molecule has 2 aromatic rings. The zero-order valence-corrected chi connectivity index (χ0v) is 16.5. The first-order valence-corrected chi connectivity index (χ1v) is 11.0. The van der Waals surface area contributed by atoms with Gasteiger partial charge < -0.3 is 4.90 Å². The molecule has 8 heteroatoms. The van der Waals surface area contributed by atoms with Crippen molar-refractivity contribution in [1.82, 2.24) is 0 Å². The van der Waals surface area contributed by atoms with Gasteiger partial charge in [0.1, 0.15) is 5.69 Å². The molecule has 0 aromatic heterocycles. The minimum absolute atomic E-state index is 0.0398. The van der Waals surface area contributed by atoms with E-state index in [4.69, 9.17) is 11.6 Å². The summed E-state index contributed by atoms with van der Waals surface area (Å²) in [7, 11) is -3.51. The molecule has 2 aromatic carbocycles. The zero-order chi connectivity index (χ0) is 19.6. The maximum atomic E-state index is 11.8. The van der Waals surface area contributed by atoms with Gasteiger partial charge in [0.05, 0.1) is 9.82 Å². The lowest BCUT2D eigenvalue weighted by Crippen LogP contribution is -2.29. The van der Waals surface area contributed by atoms with E-state index < -0.39 is 14.8 Å². The Kier molecular flexibility index (Phi) is 5.72. The van der Waals surface area contributed by atoms with Crippen LogP contribution in [0.1, 0.15) is 18.4 Å². The minimum atomic E-state index is -3.51. The molecular weight excluding hydrogens is 388 g/mol. The Balaban J connectivity index is 1.89. The first-order chi connectivity index (χ1) is 12.7. The molecule has 0 heterocycles. The van der Waals surface area contributed by atoms with Crippen LogP contribution in [0, 0.1) is 16.0 Å². The van der Waals surface area contributed by atoms with Gasteiger partial charge in [-0.3, -0.25) is 10.1 Å². The molecule has 1 fully saturated rings. The molecule has 144 valence electrons. The summed E-state index contributed by atoms with van der Waals surface area (Å²) in [6.45, 7) is 1.34. The van der Waals surface area contributed by atoms with E-state index in [9.17, 15) is 18.5 Å². The van der Waals surface area contributed by atoms with Crippen LogP contribution in [0.25, 0.3) is 0 Å². The highest BCUT2D eigenvalue weighted by Crippen LogP contribution is 2.36. The number of hydrogen-bond donors (Lipinski definition) is 0. The molecule has 0 amide bonds. The van der Waals surface area contributed by atoms with Crippen LogP contribution in [0.5, 0.6) is 0 Å². The molecule has 6 nitrogen and oxygen atoms in total. The molecule has 0 unspecified atom stereocenters. The highest BCUT2D eigenvalue weighted by Gasteiger charge is 2.28. The van der Waals surface area contributed by atoms with Gasteiger partial charge in [0.15, 0.2) is 9.84 Å². The number of nitro benzene ring substituents is 1. The molecule has 0 aliphatic heterocycles. The average molecular weight is 409 g/mol. The van der Waals surface area contributed by atoms with E-state index >= 15 is 0 Å². The first-order valence-electron chi connectivity index (χ1n) is 8.72. The van der Waals surface area contributed by atoms with Crippen LogP contribution in [0.4, 0.5) is 11.4 Å². The smallest absolute Gasteiger partial charge is 0.293 e. The number of sulfone groups is 1. The summed E-state index contributed by atoms with van der Waals surface area (Å²) in [6.07, 6.45) is 4.00. The van der Waals surface area contributed by atoms with Gasteiger partial charge in [0, 0.05) is 30.4 Å². The molecule has 27 heavy (non-hydrogen) atoms. The van der Waals surface area contributed by atoms with Gasteiger partial charge in [-0.05, 0) is 55.0 Å². The van der Waals surface area contributed by atoms with E-state index in [1.54, 1.807) is 6.07 Å². The number of hydrogen-bond acceptors (Lipinski definition) is 5. The van der Waals surface area contributed by atoms with E-state index in [0.29, 0.717) is 23.2 Å². The molecule has 1 saturated carbocycles. The van der Waals surface area contributed by atoms with Crippen LogP contribution in [0.15, 0.2) is 47.4 Å². The van der Waals surface area contributed by atoms with Crippen molar-refractivity contribution in [3.05, 3.63) is 63.2 Å². The lowest BCUT2D eigenvalue weighted by Gasteiger charge is -2.25. The quantitative estimate of drug-likeness (QED) is 0.485. The maximum Gasteiger partial charge on any atom is 0.293 e. The van der Waals surface area contributed by atoms with Crippen molar-refractivity contribution in [3.8, 4) is 0 Å². The van der Waals surface area contributed by atoms with Gasteiger partial charge in [-0.15, -0.1) is 0 Å². The molecule has 0 bridgehead atoms. The van der Waals surface area contributed by atoms with Gasteiger partial charge in [0.25, 0.3) is 5.69 Å². The highest BCUT2D eigenvalue weighted by atomic mass is 35.5. The predicted molar refractivity (Wildman–Crippen MR) is 106 cm³/mol. The standard InChI is InChI=1S/C19H21ClN2O4S/c1-27(25,26)17-8-9-18(19(12-17)22(23)24)21(13-15-2-3-15)11-10-14-4-6-16(20)7-5-14/h4-9,12,15H,2-3,10-11,13H2,1H3. The Morgan fingerprint density at radius 1 is 1.19 bits per heavy atom. The van der Waals surface area contributed by atoms with E-state index in [0.717, 1.165) is 43.7 Å². The summed E-state index contributed by atoms with van der Waals surface area (Å²) >= 11 is 5.92. The average Bonchev–Trinajstić information content (AvgIpc) is 3.43. The Hall–Kier alpha value is -2.12. The molecule has 3 rings (SSSR count). The third-order valence-electron chi connectivity index (χ3n) is 4.67. The molecule has 1 aliphatic rings. The van der Waals surface area contributed by atoms with Crippen LogP contribution >= 0.6 is 11.6 Å². The van der Waals surface area contributed by atoms with Crippen molar-refractivity contribution in [2.75, 3.05) is 24.2 Å². The molecule has 0 saturated heterocycles. The summed E-state index contributed by atoms with van der Waals surface area (Å²) in [5.74, 6) is 0.532. The van der Waals surface area contributed by atoms with Crippen molar-refractivity contribution in [3.63, 3.8) is 0 Å². The zero-order valence-electron chi connectivity index (χ0n) is 15.0. The van der Waals surface area contributed by atoms with Crippen molar-refractivity contribution in [2.45, 2.75) is 24.2 Å². The fraction of sp³-hybridized carbons (Fsp3) is 0.368. The maximum absolute atomic E-state index is 11.8. The predicted octanol–water partition coefficient (Wildman–Crippen LogP) is 4.11. The van der Waals surface area contributed by atoms with Crippen LogP contribution < -0.4 is 4.90 Å². The van der Waals surface area contributed by atoms with Crippen LogP contribution in [0.3, 0.4) is 0 Å². The minimum Gasteiger partial charge on any atom is -0.365 e. The van der Waals surface area contributed by atoms with Crippen molar-refractivity contribution in [1.29, 1.82) is 0 Å². The lowest BCUT2D eigenvalue weighted by molar-refractivity contribution is -0.384. The summed E-state index contributed by atoms with van der Waals surface area (Å²) in [5.41, 5.74) is 1.39. The van der Waals surface area contributed by atoms with E-state index in [2.05, 4.69) is 0 Å². The van der Waals surface area contributed by atoms with Gasteiger partial charge in [-0.25, -0.2) is 8.42 Å². The summed E-state index contributed by atoms with van der Waals surface area (Å²) in [5, 5.41) is 12.3. The van der Waals surface area contributed by atoms with Crippen LogP contribution in [0.2, 0.25) is 5.02 Å². The molecule has 0 N–H and O–H groups in total. The number of benzene rings is 2. The van der Waals surface area contributed by atoms with Gasteiger partial charge in [-0.1, -0.05) is 23.7 Å². The molecule has 0 radical (unpaired) electrons. The van der Waals surface area contributed by atoms with Gasteiger partial charge >= 0.3 is 0 Å².